The lowest BCUT2D eigenvalue weighted by Crippen LogP contribution is -2.30. The van der Waals surface area contributed by atoms with E-state index in [0.29, 0.717) is 23.5 Å². The fourth-order valence-electron chi connectivity index (χ4n) is 2.25. The molecule has 0 aliphatic carbocycles. The summed E-state index contributed by atoms with van der Waals surface area (Å²) >= 11 is 0. The molecule has 4 nitrogen and oxygen atoms in total. The van der Waals surface area contributed by atoms with E-state index in [-0.39, 0.29) is 11.9 Å². The summed E-state index contributed by atoms with van der Waals surface area (Å²) in [5.74, 6) is 6.77. The summed E-state index contributed by atoms with van der Waals surface area (Å²) in [7, 11) is 3.18. The Labute approximate surface area is 123 Å². The lowest BCUT2D eigenvalue weighted by Gasteiger charge is -2.20. The SMILES string of the molecule is COc1ccc(OC)c(C(Cc2ccccc2F)NN)c1. The lowest BCUT2D eigenvalue weighted by molar-refractivity contribution is 0.389. The number of nitrogens with two attached hydrogens (primary N) is 1. The summed E-state index contributed by atoms with van der Waals surface area (Å²) < 4.78 is 24.4. The van der Waals surface area contributed by atoms with Crippen molar-refractivity contribution >= 4 is 0 Å². The second-order valence-corrected chi connectivity index (χ2v) is 4.62. The van der Waals surface area contributed by atoms with Crippen molar-refractivity contribution in [2.24, 2.45) is 5.84 Å². The molecule has 0 radical (unpaired) electrons. The van der Waals surface area contributed by atoms with Gasteiger partial charge in [0, 0.05) is 5.56 Å². The van der Waals surface area contributed by atoms with Crippen molar-refractivity contribution < 1.29 is 13.9 Å². The highest BCUT2D eigenvalue weighted by molar-refractivity contribution is 5.43. The van der Waals surface area contributed by atoms with Crippen LogP contribution in [0.5, 0.6) is 11.5 Å². The minimum absolute atomic E-state index is 0.250. The number of ether oxygens (including phenoxy) is 2. The Bertz CT molecular complexity index is 605. The van der Waals surface area contributed by atoms with Gasteiger partial charge in [-0.3, -0.25) is 11.3 Å². The summed E-state index contributed by atoms with van der Waals surface area (Å²) in [6, 6.07) is 11.8. The molecule has 0 aromatic heterocycles. The summed E-state index contributed by atoms with van der Waals surface area (Å²) in [6.07, 6.45) is 0.409. The van der Waals surface area contributed by atoms with Gasteiger partial charge in [0.15, 0.2) is 0 Å². The smallest absolute Gasteiger partial charge is 0.126 e. The van der Waals surface area contributed by atoms with E-state index in [0.717, 1.165) is 5.56 Å². The molecule has 2 aromatic rings. The summed E-state index contributed by atoms with van der Waals surface area (Å²) in [5, 5.41) is 0. The first-order valence-electron chi connectivity index (χ1n) is 6.61. The van der Waals surface area contributed by atoms with Crippen LogP contribution in [0.15, 0.2) is 42.5 Å². The molecular weight excluding hydrogens is 271 g/mol. The number of nitrogens with one attached hydrogen (secondary N) is 1. The van der Waals surface area contributed by atoms with E-state index in [4.69, 9.17) is 15.3 Å². The molecule has 2 aromatic carbocycles. The molecule has 0 saturated carbocycles. The van der Waals surface area contributed by atoms with Gasteiger partial charge >= 0.3 is 0 Å². The average molecular weight is 290 g/mol. The predicted molar refractivity (Wildman–Crippen MR) is 79.7 cm³/mol. The van der Waals surface area contributed by atoms with E-state index in [9.17, 15) is 4.39 Å². The molecule has 0 bridgehead atoms. The van der Waals surface area contributed by atoms with Gasteiger partial charge in [-0.25, -0.2) is 4.39 Å². The average Bonchev–Trinajstić information content (AvgIpc) is 2.53. The maximum absolute atomic E-state index is 13.8. The molecule has 1 unspecified atom stereocenters. The van der Waals surface area contributed by atoms with Crippen LogP contribution in [0.3, 0.4) is 0 Å². The first-order valence-corrected chi connectivity index (χ1v) is 6.61. The van der Waals surface area contributed by atoms with Gasteiger partial charge in [-0.2, -0.15) is 0 Å². The van der Waals surface area contributed by atoms with Gasteiger partial charge in [-0.15, -0.1) is 0 Å². The zero-order valence-corrected chi connectivity index (χ0v) is 12.1. The van der Waals surface area contributed by atoms with Crippen LogP contribution in [0.25, 0.3) is 0 Å². The van der Waals surface area contributed by atoms with Gasteiger partial charge < -0.3 is 9.47 Å². The van der Waals surface area contributed by atoms with E-state index in [2.05, 4.69) is 5.43 Å². The van der Waals surface area contributed by atoms with Gasteiger partial charge in [0.1, 0.15) is 17.3 Å². The molecule has 3 N–H and O–H groups in total. The zero-order chi connectivity index (χ0) is 15.2. The predicted octanol–water partition coefficient (Wildman–Crippen LogP) is 2.59. The zero-order valence-electron chi connectivity index (χ0n) is 12.1. The van der Waals surface area contributed by atoms with E-state index in [1.54, 1.807) is 44.6 Å². The summed E-state index contributed by atoms with van der Waals surface area (Å²) in [4.78, 5) is 0. The van der Waals surface area contributed by atoms with Crippen LogP contribution >= 0.6 is 0 Å². The second-order valence-electron chi connectivity index (χ2n) is 4.62. The topological polar surface area (TPSA) is 56.5 Å². The molecule has 0 spiro atoms. The summed E-state index contributed by atoms with van der Waals surface area (Å²) in [6.45, 7) is 0. The fraction of sp³-hybridized carbons (Fsp3) is 0.250. The third-order valence-corrected chi connectivity index (χ3v) is 3.40. The number of methoxy groups -OCH3 is 2. The highest BCUT2D eigenvalue weighted by Gasteiger charge is 2.18. The minimum Gasteiger partial charge on any atom is -0.497 e. The molecule has 21 heavy (non-hydrogen) atoms. The Hall–Kier alpha value is -2.11. The van der Waals surface area contributed by atoms with Gasteiger partial charge in [0.25, 0.3) is 0 Å². The van der Waals surface area contributed by atoms with Crippen LogP contribution < -0.4 is 20.7 Å². The molecule has 2 rings (SSSR count). The molecule has 1 atom stereocenters. The number of benzene rings is 2. The standard InChI is InChI=1S/C16H19FN2O2/c1-20-12-7-8-16(21-2)13(10-12)15(19-18)9-11-5-3-4-6-14(11)17/h3-8,10,15,19H,9,18H2,1-2H3. The van der Waals surface area contributed by atoms with Crippen molar-refractivity contribution in [3.63, 3.8) is 0 Å². The van der Waals surface area contributed by atoms with Crippen molar-refractivity contribution in [3.8, 4) is 11.5 Å². The third kappa shape index (κ3) is 3.51. The molecule has 5 heteroatoms. The number of hydrogen-bond acceptors (Lipinski definition) is 4. The third-order valence-electron chi connectivity index (χ3n) is 3.40. The van der Waals surface area contributed by atoms with E-state index >= 15 is 0 Å². The van der Waals surface area contributed by atoms with Crippen molar-refractivity contribution in [2.45, 2.75) is 12.5 Å². The highest BCUT2D eigenvalue weighted by atomic mass is 19.1. The number of rotatable bonds is 6. The first kappa shape index (κ1) is 15.3. The van der Waals surface area contributed by atoms with Crippen molar-refractivity contribution in [2.75, 3.05) is 14.2 Å². The molecule has 0 saturated heterocycles. The largest absolute Gasteiger partial charge is 0.497 e. The van der Waals surface area contributed by atoms with Crippen molar-refractivity contribution in [1.29, 1.82) is 0 Å². The molecule has 0 fully saturated rings. The van der Waals surface area contributed by atoms with Crippen LogP contribution in [0.2, 0.25) is 0 Å². The highest BCUT2D eigenvalue weighted by Crippen LogP contribution is 2.31. The number of hydrogen-bond donors (Lipinski definition) is 2. The van der Waals surface area contributed by atoms with Gasteiger partial charge in [-0.1, -0.05) is 18.2 Å². The quantitative estimate of drug-likeness (QED) is 0.634. The fourth-order valence-corrected chi connectivity index (χ4v) is 2.25. The molecular formula is C16H19FN2O2. The van der Waals surface area contributed by atoms with E-state index in [1.807, 2.05) is 6.07 Å². The minimum atomic E-state index is -0.285. The molecule has 112 valence electrons. The monoisotopic (exact) mass is 290 g/mol. The second kappa shape index (κ2) is 7.06. The molecule has 0 amide bonds. The first-order chi connectivity index (χ1) is 10.2. The van der Waals surface area contributed by atoms with Crippen LogP contribution in [0, 0.1) is 5.82 Å². The van der Waals surface area contributed by atoms with Crippen LogP contribution in [0.4, 0.5) is 4.39 Å². The Kier molecular flexibility index (Phi) is 5.14. The van der Waals surface area contributed by atoms with Crippen LogP contribution in [0.1, 0.15) is 17.2 Å². The summed E-state index contributed by atoms with van der Waals surface area (Å²) in [5.41, 5.74) is 4.13. The molecule has 0 aliphatic rings. The Morgan fingerprint density at radius 3 is 2.52 bits per heavy atom. The number of hydrazine groups is 1. The molecule has 0 heterocycles. The van der Waals surface area contributed by atoms with Gasteiger partial charge in [0.05, 0.1) is 20.3 Å². The Morgan fingerprint density at radius 1 is 1.14 bits per heavy atom. The lowest BCUT2D eigenvalue weighted by atomic mass is 9.98. The Balaban J connectivity index is 2.34. The van der Waals surface area contributed by atoms with Crippen molar-refractivity contribution in [1.82, 2.24) is 5.43 Å². The van der Waals surface area contributed by atoms with Crippen LogP contribution in [-0.2, 0) is 6.42 Å². The Morgan fingerprint density at radius 2 is 1.90 bits per heavy atom. The normalized spacial score (nSPS) is 12.0. The number of halogens is 1. The maximum atomic E-state index is 13.8. The van der Waals surface area contributed by atoms with Gasteiger partial charge in [0.2, 0.25) is 0 Å². The van der Waals surface area contributed by atoms with E-state index < -0.39 is 0 Å². The maximum Gasteiger partial charge on any atom is 0.126 e. The van der Waals surface area contributed by atoms with Gasteiger partial charge in [-0.05, 0) is 36.2 Å². The van der Waals surface area contributed by atoms with Crippen molar-refractivity contribution in [3.05, 3.63) is 59.4 Å². The van der Waals surface area contributed by atoms with Crippen LogP contribution in [-0.4, -0.2) is 14.2 Å². The van der Waals surface area contributed by atoms with E-state index in [1.165, 1.54) is 6.07 Å². The molecule has 0 aliphatic heterocycles.